The Hall–Kier alpha value is -0.420. The number of carbonyl (C=O) groups excluding carboxylic acids is 1. The van der Waals surface area contributed by atoms with Crippen LogP contribution < -0.4 is 5.32 Å². The average Bonchev–Trinajstić information content (AvgIpc) is 2.11. The van der Waals surface area contributed by atoms with E-state index in [1.54, 1.807) is 20.8 Å². The van der Waals surface area contributed by atoms with Crippen molar-refractivity contribution in [1.82, 2.24) is 5.32 Å². The van der Waals surface area contributed by atoms with Crippen molar-refractivity contribution in [3.05, 3.63) is 0 Å². The molecule has 0 rings (SSSR count). The van der Waals surface area contributed by atoms with Crippen molar-refractivity contribution < 1.29 is 14.6 Å². The second-order valence-electron chi connectivity index (χ2n) is 5.63. The maximum Gasteiger partial charge on any atom is 0.407 e. The Morgan fingerprint density at radius 1 is 1.41 bits per heavy atom. The summed E-state index contributed by atoms with van der Waals surface area (Å²) in [5.41, 5.74) is -0.529. The van der Waals surface area contributed by atoms with Crippen molar-refractivity contribution in [1.29, 1.82) is 0 Å². The second-order valence-corrected chi connectivity index (χ2v) is 6.00. The Morgan fingerprint density at radius 3 is 2.29 bits per heavy atom. The van der Waals surface area contributed by atoms with Gasteiger partial charge in [0.15, 0.2) is 0 Å². The molecule has 17 heavy (non-hydrogen) atoms. The molecule has 5 heteroatoms. The predicted molar refractivity (Wildman–Crippen MR) is 72.5 cm³/mol. The van der Waals surface area contributed by atoms with Crippen LogP contribution in [-0.2, 0) is 4.74 Å². The van der Waals surface area contributed by atoms with E-state index in [4.69, 9.17) is 4.74 Å². The van der Waals surface area contributed by atoms with Gasteiger partial charge in [-0.15, -0.1) is 0 Å². The van der Waals surface area contributed by atoms with Crippen LogP contribution in [0.1, 0.15) is 41.0 Å². The Bertz CT molecular complexity index is 238. The molecule has 0 fully saturated rings. The summed E-state index contributed by atoms with van der Waals surface area (Å²) in [6.07, 6.45) is -0.460. The van der Waals surface area contributed by atoms with Crippen molar-refractivity contribution in [3.63, 3.8) is 0 Å². The first-order chi connectivity index (χ1) is 7.65. The fraction of sp³-hybridized carbons (Fsp3) is 0.917. The maximum absolute atomic E-state index is 11.6. The Kier molecular flexibility index (Phi) is 6.94. The van der Waals surface area contributed by atoms with Gasteiger partial charge in [-0.3, -0.25) is 0 Å². The topological polar surface area (TPSA) is 58.6 Å². The summed E-state index contributed by atoms with van der Waals surface area (Å²) in [7, 11) is 0. The third-order valence-corrected chi connectivity index (χ3v) is 2.45. The van der Waals surface area contributed by atoms with E-state index < -0.39 is 17.8 Å². The molecule has 0 aromatic rings. The highest BCUT2D eigenvalue weighted by Gasteiger charge is 2.24. The fourth-order valence-corrected chi connectivity index (χ4v) is 1.66. The van der Waals surface area contributed by atoms with E-state index in [0.717, 1.165) is 0 Å². The minimum atomic E-state index is -0.659. The van der Waals surface area contributed by atoms with Crippen LogP contribution in [0.25, 0.3) is 0 Å². The zero-order valence-electron chi connectivity index (χ0n) is 11.4. The van der Waals surface area contributed by atoms with Crippen LogP contribution in [0.2, 0.25) is 0 Å². The highest BCUT2D eigenvalue weighted by atomic mass is 32.1. The van der Waals surface area contributed by atoms with E-state index in [1.807, 2.05) is 13.8 Å². The van der Waals surface area contributed by atoms with Gasteiger partial charge in [0.1, 0.15) is 5.60 Å². The number of hydrogen-bond donors (Lipinski definition) is 3. The number of rotatable bonds is 5. The molecule has 4 nitrogen and oxygen atoms in total. The molecule has 0 aromatic heterocycles. The minimum Gasteiger partial charge on any atom is -0.444 e. The smallest absolute Gasteiger partial charge is 0.407 e. The lowest BCUT2D eigenvalue weighted by molar-refractivity contribution is 0.0426. The Labute approximate surface area is 110 Å². The van der Waals surface area contributed by atoms with Crippen LogP contribution in [-0.4, -0.2) is 34.7 Å². The minimum absolute atomic E-state index is 0.313. The summed E-state index contributed by atoms with van der Waals surface area (Å²) >= 11 is 4.04. The zero-order chi connectivity index (χ0) is 13.6. The normalized spacial score (nSPS) is 15.5. The van der Waals surface area contributed by atoms with Crippen LogP contribution in [0.5, 0.6) is 0 Å². The van der Waals surface area contributed by atoms with Crippen molar-refractivity contribution in [2.45, 2.75) is 58.8 Å². The molecule has 2 unspecified atom stereocenters. The molecule has 2 atom stereocenters. The van der Waals surface area contributed by atoms with Gasteiger partial charge in [0, 0.05) is 5.75 Å². The summed E-state index contributed by atoms with van der Waals surface area (Å²) in [5.74, 6) is 0.692. The first-order valence-electron chi connectivity index (χ1n) is 5.94. The number of ether oxygens (including phenoxy) is 1. The summed E-state index contributed by atoms with van der Waals surface area (Å²) in [6, 6.07) is -0.317. The van der Waals surface area contributed by atoms with E-state index in [1.165, 1.54) is 0 Å². The van der Waals surface area contributed by atoms with E-state index in [9.17, 15) is 9.90 Å². The quantitative estimate of drug-likeness (QED) is 0.667. The number of aliphatic hydroxyl groups is 1. The van der Waals surface area contributed by atoms with Crippen molar-refractivity contribution in [2.24, 2.45) is 5.92 Å². The van der Waals surface area contributed by atoms with Gasteiger partial charge in [-0.2, -0.15) is 12.6 Å². The van der Waals surface area contributed by atoms with E-state index in [0.29, 0.717) is 18.1 Å². The standard InChI is InChI=1S/C12H25NO3S/c1-8(2)6-9(10(14)7-17)13-11(15)16-12(3,4)5/h8-10,14,17H,6-7H2,1-5H3,(H,13,15). The van der Waals surface area contributed by atoms with Gasteiger partial charge in [-0.25, -0.2) is 4.79 Å². The monoisotopic (exact) mass is 263 g/mol. The molecule has 0 radical (unpaired) electrons. The lowest BCUT2D eigenvalue weighted by atomic mass is 10.0. The molecule has 0 aliphatic rings. The lowest BCUT2D eigenvalue weighted by Gasteiger charge is -2.27. The van der Waals surface area contributed by atoms with Crippen molar-refractivity contribution in [3.8, 4) is 0 Å². The molecule has 0 aliphatic carbocycles. The average molecular weight is 263 g/mol. The van der Waals surface area contributed by atoms with Crippen molar-refractivity contribution >= 4 is 18.7 Å². The predicted octanol–water partition coefficient (Wildman–Crippen LogP) is 2.22. The molecule has 0 bridgehead atoms. The molecule has 2 N–H and O–H groups in total. The second kappa shape index (κ2) is 7.11. The van der Waals surface area contributed by atoms with Crippen molar-refractivity contribution in [2.75, 3.05) is 5.75 Å². The fourth-order valence-electron chi connectivity index (χ4n) is 1.41. The highest BCUT2D eigenvalue weighted by Crippen LogP contribution is 2.12. The highest BCUT2D eigenvalue weighted by molar-refractivity contribution is 7.80. The largest absolute Gasteiger partial charge is 0.444 e. The third kappa shape index (κ3) is 8.32. The van der Waals surface area contributed by atoms with Gasteiger partial charge in [-0.1, -0.05) is 13.8 Å². The van der Waals surface area contributed by atoms with Crippen LogP contribution >= 0.6 is 12.6 Å². The molecular weight excluding hydrogens is 238 g/mol. The van der Waals surface area contributed by atoms with Crippen LogP contribution in [0, 0.1) is 5.92 Å². The molecule has 0 heterocycles. The van der Waals surface area contributed by atoms with Gasteiger partial charge in [-0.05, 0) is 33.1 Å². The first kappa shape index (κ1) is 16.6. The van der Waals surface area contributed by atoms with Crippen LogP contribution in [0.4, 0.5) is 4.79 Å². The van der Waals surface area contributed by atoms with E-state index in [2.05, 4.69) is 17.9 Å². The van der Waals surface area contributed by atoms with Gasteiger partial charge < -0.3 is 15.2 Å². The molecule has 102 valence electrons. The van der Waals surface area contributed by atoms with Gasteiger partial charge in [0.2, 0.25) is 0 Å². The Morgan fingerprint density at radius 2 is 1.94 bits per heavy atom. The summed E-state index contributed by atoms with van der Waals surface area (Å²) in [6.45, 7) is 9.49. The van der Waals surface area contributed by atoms with Crippen LogP contribution in [0.15, 0.2) is 0 Å². The summed E-state index contributed by atoms with van der Waals surface area (Å²) < 4.78 is 5.16. The molecule has 0 saturated heterocycles. The lowest BCUT2D eigenvalue weighted by Crippen LogP contribution is -2.46. The molecule has 0 saturated carbocycles. The number of hydrogen-bond acceptors (Lipinski definition) is 4. The zero-order valence-corrected chi connectivity index (χ0v) is 12.3. The number of amides is 1. The number of aliphatic hydroxyl groups excluding tert-OH is 1. The van der Waals surface area contributed by atoms with Gasteiger partial charge >= 0.3 is 6.09 Å². The van der Waals surface area contributed by atoms with E-state index >= 15 is 0 Å². The number of carbonyl (C=O) groups is 1. The maximum atomic E-state index is 11.6. The molecule has 0 aromatic carbocycles. The SMILES string of the molecule is CC(C)CC(NC(=O)OC(C)(C)C)C(O)CS. The van der Waals surface area contributed by atoms with Gasteiger partial charge in [0.05, 0.1) is 12.1 Å². The van der Waals surface area contributed by atoms with E-state index in [-0.39, 0.29) is 6.04 Å². The summed E-state index contributed by atoms with van der Waals surface area (Å²) in [4.78, 5) is 11.6. The van der Waals surface area contributed by atoms with Gasteiger partial charge in [0.25, 0.3) is 0 Å². The third-order valence-electron chi connectivity index (χ3n) is 2.08. The molecule has 1 amide bonds. The van der Waals surface area contributed by atoms with Crippen LogP contribution in [0.3, 0.4) is 0 Å². The Balaban J connectivity index is 4.37. The summed E-state index contributed by atoms with van der Waals surface area (Å²) in [5, 5.41) is 12.5. The number of alkyl carbamates (subject to hydrolysis) is 1. The molecular formula is C12H25NO3S. The first-order valence-corrected chi connectivity index (χ1v) is 6.57. The number of nitrogens with one attached hydrogen (secondary N) is 1. The molecule has 0 spiro atoms. The number of thiol groups is 1. The molecule has 0 aliphatic heterocycles.